The Morgan fingerprint density at radius 1 is 1.38 bits per heavy atom. The van der Waals surface area contributed by atoms with Crippen molar-refractivity contribution in [2.45, 2.75) is 52.7 Å². The highest BCUT2D eigenvalue weighted by Crippen LogP contribution is 2.35. The van der Waals surface area contributed by atoms with E-state index in [4.69, 9.17) is 9.84 Å². The summed E-state index contributed by atoms with van der Waals surface area (Å²) < 4.78 is 9.41. The van der Waals surface area contributed by atoms with Gasteiger partial charge in [0, 0.05) is 62.9 Å². The lowest BCUT2D eigenvalue weighted by Crippen LogP contribution is -2.38. The van der Waals surface area contributed by atoms with Crippen molar-refractivity contribution in [3.05, 3.63) is 23.1 Å². The highest BCUT2D eigenvalue weighted by Gasteiger charge is 2.30. The highest BCUT2D eigenvalue weighted by atomic mass is 16.5. The number of amides is 1. The summed E-state index contributed by atoms with van der Waals surface area (Å²) in [6.07, 6.45) is 5.37. The number of aromatic nitrogens is 4. The molecule has 0 N–H and O–H groups in total. The molecule has 7 heteroatoms. The van der Waals surface area contributed by atoms with Crippen molar-refractivity contribution in [2.24, 2.45) is 5.92 Å². The second-order valence-electron chi connectivity index (χ2n) is 7.37. The number of carbonyl (C=O) groups excluding carboxylic acids is 1. The first-order valence-electron chi connectivity index (χ1n) is 9.50. The number of hydrogen-bond donors (Lipinski definition) is 0. The average Bonchev–Trinajstić information content (AvgIpc) is 3.29. The van der Waals surface area contributed by atoms with Crippen molar-refractivity contribution < 1.29 is 9.53 Å². The van der Waals surface area contributed by atoms with Crippen LogP contribution in [0.15, 0.2) is 6.20 Å². The predicted octanol–water partition coefficient (Wildman–Crippen LogP) is 2.02. The minimum Gasteiger partial charge on any atom is -0.375 e. The topological polar surface area (TPSA) is 65.2 Å². The van der Waals surface area contributed by atoms with Crippen molar-refractivity contribution >= 4 is 5.91 Å². The van der Waals surface area contributed by atoms with Gasteiger partial charge in [0.05, 0.1) is 0 Å². The van der Waals surface area contributed by atoms with E-state index in [0.29, 0.717) is 6.54 Å². The molecule has 2 aliphatic rings. The van der Waals surface area contributed by atoms with Crippen LogP contribution in [-0.2, 0) is 35.6 Å². The molecule has 26 heavy (non-hydrogen) atoms. The molecule has 0 bridgehead atoms. The Balaban J connectivity index is 1.72. The van der Waals surface area contributed by atoms with Gasteiger partial charge in [-0.1, -0.05) is 0 Å². The third kappa shape index (κ3) is 3.05. The lowest BCUT2D eigenvalue weighted by atomic mass is 10.0. The van der Waals surface area contributed by atoms with Crippen LogP contribution in [0.2, 0.25) is 0 Å². The fourth-order valence-electron chi connectivity index (χ4n) is 3.80. The molecule has 0 radical (unpaired) electrons. The van der Waals surface area contributed by atoms with Gasteiger partial charge in [0.15, 0.2) is 5.82 Å². The molecule has 0 spiro atoms. The van der Waals surface area contributed by atoms with Gasteiger partial charge in [-0.15, -0.1) is 0 Å². The van der Waals surface area contributed by atoms with Crippen molar-refractivity contribution in [3.63, 3.8) is 0 Å². The molecule has 0 saturated heterocycles. The summed E-state index contributed by atoms with van der Waals surface area (Å²) in [5.74, 6) is 1.75. The second-order valence-corrected chi connectivity index (χ2v) is 7.37. The van der Waals surface area contributed by atoms with Crippen LogP contribution < -0.4 is 0 Å². The quantitative estimate of drug-likeness (QED) is 0.793. The van der Waals surface area contributed by atoms with Gasteiger partial charge in [0.25, 0.3) is 0 Å². The number of imidazole rings is 1. The van der Waals surface area contributed by atoms with Gasteiger partial charge < -0.3 is 14.2 Å². The van der Waals surface area contributed by atoms with E-state index in [9.17, 15) is 4.79 Å². The van der Waals surface area contributed by atoms with E-state index in [-0.39, 0.29) is 12.5 Å². The Morgan fingerprint density at radius 2 is 2.19 bits per heavy atom. The van der Waals surface area contributed by atoms with Crippen molar-refractivity contribution in [1.82, 2.24) is 24.2 Å². The Morgan fingerprint density at radius 3 is 2.88 bits per heavy atom. The van der Waals surface area contributed by atoms with Crippen molar-refractivity contribution in [2.75, 3.05) is 20.3 Å². The molecule has 0 aromatic carbocycles. The van der Waals surface area contributed by atoms with E-state index in [2.05, 4.69) is 28.1 Å². The van der Waals surface area contributed by atoms with Gasteiger partial charge in [-0.25, -0.2) is 4.98 Å². The van der Waals surface area contributed by atoms with E-state index in [1.165, 1.54) is 24.2 Å². The summed E-state index contributed by atoms with van der Waals surface area (Å²) in [5.41, 5.74) is 4.49. The minimum absolute atomic E-state index is 0.0332. The first-order valence-corrected chi connectivity index (χ1v) is 9.50. The molecule has 4 rings (SSSR count). The zero-order valence-electron chi connectivity index (χ0n) is 15.9. The number of carbonyl (C=O) groups is 1. The maximum absolute atomic E-state index is 12.3. The van der Waals surface area contributed by atoms with Crippen LogP contribution in [0, 0.1) is 12.8 Å². The minimum atomic E-state index is 0.0332. The van der Waals surface area contributed by atoms with Gasteiger partial charge in [0.2, 0.25) is 5.91 Å². The van der Waals surface area contributed by atoms with Gasteiger partial charge in [0.1, 0.15) is 12.3 Å². The number of rotatable bonds is 6. The Hall–Kier alpha value is -2.15. The average molecular weight is 357 g/mol. The monoisotopic (exact) mass is 357 g/mol. The number of methoxy groups -OCH3 is 1. The number of ether oxygens (including phenoxy) is 1. The summed E-state index contributed by atoms with van der Waals surface area (Å²) in [6, 6.07) is 0. The third-order valence-corrected chi connectivity index (χ3v) is 5.46. The fourth-order valence-corrected chi connectivity index (χ4v) is 3.80. The number of nitrogens with zero attached hydrogens (tertiary/aromatic N) is 5. The van der Waals surface area contributed by atoms with Crippen LogP contribution in [0.5, 0.6) is 0 Å². The van der Waals surface area contributed by atoms with Crippen LogP contribution in [0.4, 0.5) is 0 Å². The standard InChI is InChI=1S/C19H27N5O2/c1-4-24-16-7-8-22(17(25)12-26-3)11-15(16)18(21-24)19-20-9-13(2)23(19)10-14-5-6-14/h9,14H,4-8,10-12H2,1-3H3. The largest absolute Gasteiger partial charge is 0.375 e. The summed E-state index contributed by atoms with van der Waals surface area (Å²) in [6.45, 7) is 7.50. The molecular weight excluding hydrogens is 330 g/mol. The van der Waals surface area contributed by atoms with E-state index < -0.39 is 0 Å². The molecule has 1 aliphatic heterocycles. The number of aryl methyl sites for hydroxylation is 2. The normalized spacial score (nSPS) is 16.8. The maximum Gasteiger partial charge on any atom is 0.248 e. The summed E-state index contributed by atoms with van der Waals surface area (Å²) in [7, 11) is 1.56. The molecule has 1 amide bonds. The molecule has 1 aliphatic carbocycles. The van der Waals surface area contributed by atoms with E-state index in [0.717, 1.165) is 49.1 Å². The van der Waals surface area contributed by atoms with Crippen molar-refractivity contribution in [3.8, 4) is 11.5 Å². The van der Waals surface area contributed by atoms with Gasteiger partial charge in [-0.3, -0.25) is 9.48 Å². The predicted molar refractivity (Wildman–Crippen MR) is 97.6 cm³/mol. The molecular formula is C19H27N5O2. The van der Waals surface area contributed by atoms with Crippen LogP contribution >= 0.6 is 0 Å². The summed E-state index contributed by atoms with van der Waals surface area (Å²) >= 11 is 0. The Labute approximate surface area is 154 Å². The molecule has 3 heterocycles. The molecule has 2 aromatic heterocycles. The lowest BCUT2D eigenvalue weighted by molar-refractivity contribution is -0.136. The first kappa shape index (κ1) is 17.3. The third-order valence-electron chi connectivity index (χ3n) is 5.46. The molecule has 140 valence electrons. The second kappa shape index (κ2) is 6.87. The van der Waals surface area contributed by atoms with Gasteiger partial charge in [-0.05, 0) is 32.6 Å². The fraction of sp³-hybridized carbons (Fsp3) is 0.632. The molecule has 0 unspecified atom stereocenters. The van der Waals surface area contributed by atoms with Crippen molar-refractivity contribution in [1.29, 1.82) is 0 Å². The SMILES string of the molecule is CCn1nc(-c2ncc(C)n2CC2CC2)c2c1CCN(C(=O)COC)C2. The zero-order chi connectivity index (χ0) is 18.3. The summed E-state index contributed by atoms with van der Waals surface area (Å²) in [5, 5.41) is 4.89. The zero-order valence-corrected chi connectivity index (χ0v) is 15.9. The molecule has 1 saturated carbocycles. The van der Waals surface area contributed by atoms with E-state index >= 15 is 0 Å². The van der Waals surface area contributed by atoms with E-state index in [1.807, 2.05) is 11.1 Å². The molecule has 7 nitrogen and oxygen atoms in total. The lowest BCUT2D eigenvalue weighted by Gasteiger charge is -2.27. The molecule has 2 aromatic rings. The smallest absolute Gasteiger partial charge is 0.248 e. The Bertz CT molecular complexity index is 818. The summed E-state index contributed by atoms with van der Waals surface area (Å²) in [4.78, 5) is 18.9. The van der Waals surface area contributed by atoms with Gasteiger partial charge in [-0.2, -0.15) is 5.10 Å². The molecule has 0 atom stereocenters. The van der Waals surface area contributed by atoms with Crippen LogP contribution in [0.1, 0.15) is 36.7 Å². The van der Waals surface area contributed by atoms with E-state index in [1.54, 1.807) is 7.11 Å². The maximum atomic E-state index is 12.3. The van der Waals surface area contributed by atoms with Crippen LogP contribution in [-0.4, -0.2) is 50.4 Å². The number of hydrogen-bond acceptors (Lipinski definition) is 4. The number of fused-ring (bicyclic) bond motifs is 1. The van der Waals surface area contributed by atoms with Gasteiger partial charge >= 0.3 is 0 Å². The molecule has 1 fully saturated rings. The first-order chi connectivity index (χ1) is 12.6. The Kier molecular flexibility index (Phi) is 4.56. The van der Waals surface area contributed by atoms with Crippen LogP contribution in [0.25, 0.3) is 11.5 Å². The highest BCUT2D eigenvalue weighted by molar-refractivity contribution is 5.78. The van der Waals surface area contributed by atoms with Crippen LogP contribution in [0.3, 0.4) is 0 Å².